The highest BCUT2D eigenvalue weighted by Crippen LogP contribution is 2.38. The van der Waals surface area contributed by atoms with E-state index in [-0.39, 0.29) is 0 Å². The Bertz CT molecular complexity index is 470. The average molecular weight is 288 g/mol. The van der Waals surface area contributed by atoms with Gasteiger partial charge in [-0.2, -0.15) is 0 Å². The molecule has 0 amide bonds. The first-order chi connectivity index (χ1) is 10.2. The predicted molar refractivity (Wildman–Crippen MR) is 81.6 cm³/mol. The normalized spacial score (nSPS) is 26.6. The average Bonchev–Trinajstić information content (AvgIpc) is 2.45. The topological polar surface area (TPSA) is 61.5 Å². The van der Waals surface area contributed by atoms with Gasteiger partial charge in [0, 0.05) is 63.6 Å². The molecule has 114 valence electrons. The van der Waals surface area contributed by atoms with Crippen LogP contribution in [0.2, 0.25) is 0 Å². The Labute approximate surface area is 125 Å². The monoisotopic (exact) mass is 288 g/mol. The molecule has 3 aliphatic heterocycles. The number of nitrogens with zero attached hydrogens (tertiary/aromatic N) is 5. The van der Waals surface area contributed by atoms with Crippen LogP contribution in [0.1, 0.15) is 12.8 Å². The second kappa shape index (κ2) is 5.19. The third-order valence-electron chi connectivity index (χ3n) is 5.16. The molecule has 1 spiro atoms. The summed E-state index contributed by atoms with van der Waals surface area (Å²) in [6.45, 7) is 8.12. The van der Waals surface area contributed by atoms with Crippen LogP contribution >= 0.6 is 0 Å². The summed E-state index contributed by atoms with van der Waals surface area (Å²) in [5.41, 5.74) is 0.549. The third-order valence-corrected chi connectivity index (χ3v) is 5.16. The largest absolute Gasteiger partial charge is 0.341 e. The molecule has 3 fully saturated rings. The summed E-state index contributed by atoms with van der Waals surface area (Å²) in [7, 11) is 0. The van der Waals surface area contributed by atoms with Crippen molar-refractivity contribution in [3.05, 3.63) is 18.5 Å². The Balaban J connectivity index is 1.22. The summed E-state index contributed by atoms with van der Waals surface area (Å²) in [5.74, 6) is 7.48. The van der Waals surface area contributed by atoms with E-state index in [1.807, 2.05) is 23.5 Å². The molecular weight excluding hydrogens is 264 g/mol. The maximum atomic E-state index is 5.76. The van der Waals surface area contributed by atoms with Crippen molar-refractivity contribution < 1.29 is 0 Å². The zero-order valence-electron chi connectivity index (χ0n) is 12.5. The van der Waals surface area contributed by atoms with E-state index < -0.39 is 0 Å². The Kier molecular flexibility index (Phi) is 3.32. The molecule has 3 saturated heterocycles. The van der Waals surface area contributed by atoms with Gasteiger partial charge in [-0.25, -0.2) is 15.0 Å². The van der Waals surface area contributed by atoms with E-state index in [1.54, 1.807) is 0 Å². The summed E-state index contributed by atoms with van der Waals surface area (Å²) in [5, 5.41) is 1.94. The van der Waals surface area contributed by atoms with E-state index in [0.717, 1.165) is 38.0 Å². The zero-order valence-corrected chi connectivity index (χ0v) is 12.5. The third kappa shape index (κ3) is 2.63. The molecule has 21 heavy (non-hydrogen) atoms. The molecule has 4 rings (SSSR count). The molecule has 2 N–H and O–H groups in total. The maximum absolute atomic E-state index is 5.76. The Hall–Kier alpha value is -1.24. The summed E-state index contributed by atoms with van der Waals surface area (Å²) in [4.78, 5) is 13.6. The van der Waals surface area contributed by atoms with Gasteiger partial charge in [-0.05, 0) is 24.8 Å². The molecule has 3 aliphatic rings. The van der Waals surface area contributed by atoms with E-state index in [9.17, 15) is 0 Å². The van der Waals surface area contributed by atoms with E-state index in [0.29, 0.717) is 5.41 Å². The van der Waals surface area contributed by atoms with Crippen LogP contribution in [-0.2, 0) is 0 Å². The van der Waals surface area contributed by atoms with Crippen LogP contribution in [0.4, 0.5) is 5.95 Å². The number of hydrazine groups is 1. The molecule has 0 atom stereocenters. The number of nitrogens with two attached hydrogens (primary N) is 1. The van der Waals surface area contributed by atoms with E-state index in [2.05, 4.69) is 19.8 Å². The summed E-state index contributed by atoms with van der Waals surface area (Å²) < 4.78 is 0. The van der Waals surface area contributed by atoms with Crippen molar-refractivity contribution in [1.82, 2.24) is 19.9 Å². The van der Waals surface area contributed by atoms with Crippen molar-refractivity contribution in [2.24, 2.45) is 17.2 Å². The van der Waals surface area contributed by atoms with Gasteiger partial charge in [0.2, 0.25) is 5.95 Å². The standard InChI is InChI=1S/C15H24N6/c16-21-11-15(12-21)9-19(10-15)8-13-2-6-20(7-3-13)14-17-4-1-5-18-14/h1,4-5,13H,2-3,6-12,16H2. The van der Waals surface area contributed by atoms with Crippen LogP contribution in [-0.4, -0.2) is 65.7 Å². The number of likely N-dealkylation sites (tertiary alicyclic amines) is 1. The van der Waals surface area contributed by atoms with E-state index >= 15 is 0 Å². The molecule has 0 aliphatic carbocycles. The lowest BCUT2D eigenvalue weighted by atomic mass is 9.73. The van der Waals surface area contributed by atoms with Crippen LogP contribution in [0.3, 0.4) is 0 Å². The Morgan fingerprint density at radius 1 is 1.10 bits per heavy atom. The minimum atomic E-state index is 0.549. The fourth-order valence-corrected chi connectivity index (χ4v) is 4.18. The van der Waals surface area contributed by atoms with Gasteiger partial charge in [-0.15, -0.1) is 0 Å². The van der Waals surface area contributed by atoms with Gasteiger partial charge in [0.05, 0.1) is 0 Å². The molecule has 0 aromatic carbocycles. The molecular formula is C15H24N6. The van der Waals surface area contributed by atoms with E-state index in [1.165, 1.54) is 32.5 Å². The zero-order chi connectivity index (χ0) is 14.3. The second-order valence-electron chi connectivity index (χ2n) is 7.05. The smallest absolute Gasteiger partial charge is 0.225 e. The molecule has 6 heteroatoms. The fourth-order valence-electron chi connectivity index (χ4n) is 4.18. The number of aromatic nitrogens is 2. The van der Waals surface area contributed by atoms with Crippen LogP contribution < -0.4 is 10.7 Å². The molecule has 1 aromatic rings. The first kappa shape index (κ1) is 13.4. The van der Waals surface area contributed by atoms with Gasteiger partial charge in [-0.3, -0.25) is 5.84 Å². The highest BCUT2D eigenvalue weighted by atomic mass is 15.5. The predicted octanol–water partition coefficient (Wildman–Crippen LogP) is 0.184. The summed E-state index contributed by atoms with van der Waals surface area (Å²) in [6, 6.07) is 1.87. The number of piperidine rings is 1. The van der Waals surface area contributed by atoms with Gasteiger partial charge in [0.25, 0.3) is 0 Å². The van der Waals surface area contributed by atoms with Crippen LogP contribution in [0.25, 0.3) is 0 Å². The van der Waals surface area contributed by atoms with Crippen molar-refractivity contribution in [1.29, 1.82) is 0 Å². The van der Waals surface area contributed by atoms with Crippen molar-refractivity contribution in [2.75, 3.05) is 50.7 Å². The molecule has 0 bridgehead atoms. The lowest BCUT2D eigenvalue weighted by Gasteiger charge is -2.59. The lowest BCUT2D eigenvalue weighted by molar-refractivity contribution is -0.120. The lowest BCUT2D eigenvalue weighted by Crippen LogP contribution is -2.73. The quantitative estimate of drug-likeness (QED) is 0.801. The summed E-state index contributed by atoms with van der Waals surface area (Å²) in [6.07, 6.45) is 6.16. The Morgan fingerprint density at radius 2 is 1.76 bits per heavy atom. The fraction of sp³-hybridized carbons (Fsp3) is 0.733. The second-order valence-corrected chi connectivity index (χ2v) is 7.05. The van der Waals surface area contributed by atoms with Crippen LogP contribution in [0, 0.1) is 11.3 Å². The van der Waals surface area contributed by atoms with Crippen molar-refractivity contribution in [3.63, 3.8) is 0 Å². The first-order valence-corrected chi connectivity index (χ1v) is 7.96. The van der Waals surface area contributed by atoms with E-state index in [4.69, 9.17) is 5.84 Å². The maximum Gasteiger partial charge on any atom is 0.225 e. The van der Waals surface area contributed by atoms with Gasteiger partial charge in [0.1, 0.15) is 0 Å². The molecule has 0 saturated carbocycles. The van der Waals surface area contributed by atoms with Gasteiger partial charge < -0.3 is 9.80 Å². The van der Waals surface area contributed by atoms with Gasteiger partial charge in [0.15, 0.2) is 0 Å². The first-order valence-electron chi connectivity index (χ1n) is 7.96. The number of hydrogen-bond acceptors (Lipinski definition) is 6. The minimum absolute atomic E-state index is 0.549. The summed E-state index contributed by atoms with van der Waals surface area (Å²) >= 11 is 0. The SMILES string of the molecule is NN1CC2(C1)CN(CC1CCN(c3ncccn3)CC1)C2. The van der Waals surface area contributed by atoms with Crippen molar-refractivity contribution >= 4 is 5.95 Å². The molecule has 4 heterocycles. The van der Waals surface area contributed by atoms with Crippen molar-refractivity contribution in [3.8, 4) is 0 Å². The molecule has 0 radical (unpaired) electrons. The number of anilines is 1. The minimum Gasteiger partial charge on any atom is -0.341 e. The van der Waals surface area contributed by atoms with Crippen LogP contribution in [0.15, 0.2) is 18.5 Å². The van der Waals surface area contributed by atoms with Crippen LogP contribution in [0.5, 0.6) is 0 Å². The highest BCUT2D eigenvalue weighted by molar-refractivity contribution is 5.28. The molecule has 0 unspecified atom stereocenters. The molecule has 1 aromatic heterocycles. The number of rotatable bonds is 3. The van der Waals surface area contributed by atoms with Gasteiger partial charge >= 0.3 is 0 Å². The number of hydrogen-bond donors (Lipinski definition) is 1. The van der Waals surface area contributed by atoms with Crippen molar-refractivity contribution in [2.45, 2.75) is 12.8 Å². The molecule has 6 nitrogen and oxygen atoms in total. The Morgan fingerprint density at radius 3 is 2.38 bits per heavy atom. The van der Waals surface area contributed by atoms with Gasteiger partial charge in [-0.1, -0.05) is 0 Å². The highest BCUT2D eigenvalue weighted by Gasteiger charge is 2.50.